The molecule has 0 aromatic carbocycles. The number of nitrogens with one attached hydrogen (secondary N) is 1. The second kappa shape index (κ2) is 8.01. The molecule has 7 nitrogen and oxygen atoms in total. The summed E-state index contributed by atoms with van der Waals surface area (Å²) in [6, 6.07) is 6.46. The quantitative estimate of drug-likeness (QED) is 0.783. The minimum Gasteiger partial charge on any atom is -0.351 e. The van der Waals surface area contributed by atoms with Gasteiger partial charge in [0.1, 0.15) is 0 Å². The molecular weight excluding hydrogens is 304 g/mol. The highest BCUT2D eigenvalue weighted by Crippen LogP contribution is 2.26. The lowest BCUT2D eigenvalue weighted by molar-refractivity contribution is 0.0948. The van der Waals surface area contributed by atoms with E-state index < -0.39 is 0 Å². The van der Waals surface area contributed by atoms with Gasteiger partial charge < -0.3 is 11.1 Å². The molecule has 7 heteroatoms. The lowest BCUT2D eigenvalue weighted by Crippen LogP contribution is -2.28. The fourth-order valence-electron chi connectivity index (χ4n) is 3.03. The van der Waals surface area contributed by atoms with E-state index in [0.717, 1.165) is 44.2 Å². The summed E-state index contributed by atoms with van der Waals surface area (Å²) < 4.78 is 1.81. The number of rotatable bonds is 6. The Morgan fingerprint density at radius 2 is 2.12 bits per heavy atom. The molecule has 0 bridgehead atoms. The summed E-state index contributed by atoms with van der Waals surface area (Å²) >= 11 is 0. The maximum absolute atomic E-state index is 12.1. The summed E-state index contributed by atoms with van der Waals surface area (Å²) in [6.07, 6.45) is 9.21. The fraction of sp³-hybridized carbons (Fsp3) is 0.529. The Morgan fingerprint density at radius 1 is 1.29 bits per heavy atom. The zero-order chi connectivity index (χ0) is 16.8. The van der Waals surface area contributed by atoms with Gasteiger partial charge in [-0.15, -0.1) is 5.10 Å². The molecule has 0 saturated heterocycles. The topological polar surface area (TPSA) is 98.7 Å². The van der Waals surface area contributed by atoms with Crippen LogP contribution in [0.3, 0.4) is 0 Å². The van der Waals surface area contributed by atoms with E-state index in [1.165, 1.54) is 0 Å². The van der Waals surface area contributed by atoms with Crippen molar-refractivity contribution >= 4 is 5.91 Å². The average Bonchev–Trinajstić information content (AvgIpc) is 3.10. The Balaban J connectivity index is 1.44. The zero-order valence-corrected chi connectivity index (χ0v) is 13.8. The van der Waals surface area contributed by atoms with E-state index in [0.29, 0.717) is 24.3 Å². The van der Waals surface area contributed by atoms with Gasteiger partial charge in [0.15, 0.2) is 5.69 Å². The molecule has 0 unspecified atom stereocenters. The zero-order valence-electron chi connectivity index (χ0n) is 13.8. The minimum absolute atomic E-state index is 0.171. The number of hydrogen-bond acceptors (Lipinski definition) is 5. The number of aryl methyl sites for hydroxylation is 1. The number of amides is 1. The van der Waals surface area contributed by atoms with Crippen molar-refractivity contribution in [2.45, 2.75) is 50.6 Å². The third kappa shape index (κ3) is 4.38. The summed E-state index contributed by atoms with van der Waals surface area (Å²) in [5, 5.41) is 11.0. The molecule has 0 spiro atoms. The van der Waals surface area contributed by atoms with Crippen LogP contribution in [0.4, 0.5) is 0 Å². The van der Waals surface area contributed by atoms with Crippen LogP contribution in [0.5, 0.6) is 0 Å². The molecule has 0 radical (unpaired) electrons. The summed E-state index contributed by atoms with van der Waals surface area (Å²) in [5.41, 5.74) is 7.34. The van der Waals surface area contributed by atoms with Crippen molar-refractivity contribution in [3.05, 3.63) is 42.0 Å². The van der Waals surface area contributed by atoms with Crippen LogP contribution in [-0.4, -0.2) is 38.5 Å². The lowest BCUT2D eigenvalue weighted by atomic mass is 9.92. The highest BCUT2D eigenvalue weighted by Gasteiger charge is 2.22. The molecular formula is C17H24N6O. The molecule has 1 amide bonds. The highest BCUT2D eigenvalue weighted by atomic mass is 16.2. The molecule has 2 aromatic heterocycles. The van der Waals surface area contributed by atoms with Crippen LogP contribution in [0.15, 0.2) is 30.6 Å². The van der Waals surface area contributed by atoms with Crippen LogP contribution >= 0.6 is 0 Å². The van der Waals surface area contributed by atoms with E-state index in [9.17, 15) is 4.79 Å². The van der Waals surface area contributed by atoms with Crippen molar-refractivity contribution in [3.63, 3.8) is 0 Å². The number of carbonyl (C=O) groups is 1. The van der Waals surface area contributed by atoms with Crippen molar-refractivity contribution in [2.24, 2.45) is 5.73 Å². The summed E-state index contributed by atoms with van der Waals surface area (Å²) in [6.45, 7) is 0.598. The number of aromatic nitrogens is 4. The monoisotopic (exact) mass is 328 g/mol. The maximum atomic E-state index is 12.1. The summed E-state index contributed by atoms with van der Waals surface area (Å²) in [7, 11) is 0. The van der Waals surface area contributed by atoms with Gasteiger partial charge in [-0.3, -0.25) is 9.78 Å². The average molecular weight is 328 g/mol. The fourth-order valence-corrected chi connectivity index (χ4v) is 3.03. The molecule has 2 heterocycles. The van der Waals surface area contributed by atoms with Crippen molar-refractivity contribution in [1.29, 1.82) is 0 Å². The van der Waals surface area contributed by atoms with Crippen molar-refractivity contribution in [3.8, 4) is 0 Å². The van der Waals surface area contributed by atoms with Crippen LogP contribution in [-0.2, 0) is 6.42 Å². The van der Waals surface area contributed by atoms with Gasteiger partial charge in [0.05, 0.1) is 12.2 Å². The molecule has 0 aliphatic heterocycles. The lowest BCUT2D eigenvalue weighted by Gasteiger charge is -2.25. The van der Waals surface area contributed by atoms with Crippen molar-refractivity contribution < 1.29 is 4.79 Å². The Bertz CT molecular complexity index is 648. The molecule has 1 aliphatic carbocycles. The van der Waals surface area contributed by atoms with Crippen LogP contribution in [0.25, 0.3) is 0 Å². The van der Waals surface area contributed by atoms with E-state index in [1.807, 2.05) is 22.9 Å². The van der Waals surface area contributed by atoms with E-state index in [-0.39, 0.29) is 5.91 Å². The molecule has 128 valence electrons. The van der Waals surface area contributed by atoms with E-state index in [4.69, 9.17) is 5.73 Å². The van der Waals surface area contributed by atoms with Gasteiger partial charge in [0.2, 0.25) is 0 Å². The number of nitrogens with zero attached hydrogens (tertiary/aromatic N) is 4. The first-order valence-electron chi connectivity index (χ1n) is 8.58. The van der Waals surface area contributed by atoms with Crippen molar-refractivity contribution in [1.82, 2.24) is 25.3 Å². The van der Waals surface area contributed by atoms with Crippen LogP contribution in [0, 0.1) is 0 Å². The minimum atomic E-state index is -0.171. The van der Waals surface area contributed by atoms with Gasteiger partial charge in [0.25, 0.3) is 5.91 Å². The first-order chi connectivity index (χ1) is 11.7. The number of carbonyl (C=O) groups excluding carboxylic acids is 1. The summed E-state index contributed by atoms with van der Waals surface area (Å²) in [5.74, 6) is -0.171. The van der Waals surface area contributed by atoms with Gasteiger partial charge in [-0.2, -0.15) is 0 Å². The van der Waals surface area contributed by atoms with Gasteiger partial charge in [-0.25, -0.2) is 4.68 Å². The van der Waals surface area contributed by atoms with Gasteiger partial charge in [-0.05, 0) is 50.7 Å². The molecule has 3 rings (SSSR count). The van der Waals surface area contributed by atoms with Gasteiger partial charge in [0, 0.05) is 24.5 Å². The van der Waals surface area contributed by atoms with Crippen LogP contribution in [0.1, 0.15) is 54.3 Å². The third-order valence-corrected chi connectivity index (χ3v) is 4.48. The Kier molecular flexibility index (Phi) is 5.53. The Morgan fingerprint density at radius 3 is 2.88 bits per heavy atom. The molecule has 1 saturated carbocycles. The molecule has 1 fully saturated rings. The second-order valence-corrected chi connectivity index (χ2v) is 6.33. The molecule has 24 heavy (non-hydrogen) atoms. The van der Waals surface area contributed by atoms with Gasteiger partial charge in [-0.1, -0.05) is 11.3 Å². The largest absolute Gasteiger partial charge is 0.351 e. The van der Waals surface area contributed by atoms with Crippen LogP contribution < -0.4 is 11.1 Å². The predicted molar refractivity (Wildman–Crippen MR) is 90.4 cm³/mol. The van der Waals surface area contributed by atoms with E-state index in [2.05, 4.69) is 20.6 Å². The normalized spacial score (nSPS) is 20.7. The molecule has 0 atom stereocenters. The number of hydrogen-bond donors (Lipinski definition) is 2. The molecule has 3 N–H and O–H groups in total. The smallest absolute Gasteiger partial charge is 0.273 e. The highest BCUT2D eigenvalue weighted by molar-refractivity contribution is 5.91. The summed E-state index contributed by atoms with van der Waals surface area (Å²) in [4.78, 5) is 16.4. The Hall–Kier alpha value is -2.28. The van der Waals surface area contributed by atoms with E-state index in [1.54, 1.807) is 12.4 Å². The predicted octanol–water partition coefficient (Wildman–Crippen LogP) is 1.48. The second-order valence-electron chi connectivity index (χ2n) is 6.33. The Labute approximate surface area is 141 Å². The number of nitrogens with two attached hydrogens (primary N) is 1. The van der Waals surface area contributed by atoms with Crippen LogP contribution in [0.2, 0.25) is 0 Å². The maximum Gasteiger partial charge on any atom is 0.273 e. The van der Waals surface area contributed by atoms with E-state index >= 15 is 0 Å². The first kappa shape index (κ1) is 16.6. The molecule has 1 aliphatic rings. The van der Waals surface area contributed by atoms with Gasteiger partial charge >= 0.3 is 0 Å². The standard InChI is InChI=1S/C17H24N6O/c18-13-6-8-15(9-7-13)23-12-16(21-22-23)17(24)20-11-3-5-14-4-1-2-10-19-14/h1-2,4,10,12-13,15H,3,5-9,11,18H2,(H,20,24). The van der Waals surface area contributed by atoms with Crippen molar-refractivity contribution in [2.75, 3.05) is 6.54 Å². The first-order valence-corrected chi connectivity index (χ1v) is 8.58. The third-order valence-electron chi connectivity index (χ3n) is 4.48. The number of pyridine rings is 1. The molecule has 2 aromatic rings. The SMILES string of the molecule is NC1CCC(n2cc(C(=O)NCCCc3ccccn3)nn2)CC1.